The van der Waals surface area contributed by atoms with Crippen molar-refractivity contribution in [3.63, 3.8) is 0 Å². The lowest BCUT2D eigenvalue weighted by Gasteiger charge is -2.06. The van der Waals surface area contributed by atoms with Crippen LogP contribution in [0.15, 0.2) is 53.9 Å². The highest BCUT2D eigenvalue weighted by Crippen LogP contribution is 2.25. The SMILES string of the molecule is Cn1nnnc1-c1cccc(NC(=O)Cc2csc(-c3cccc(F)c3)n2)c1. The van der Waals surface area contributed by atoms with Gasteiger partial charge in [-0.1, -0.05) is 24.3 Å². The monoisotopic (exact) mass is 394 g/mol. The molecule has 0 saturated carbocycles. The van der Waals surface area contributed by atoms with E-state index in [4.69, 9.17) is 0 Å². The zero-order valence-corrected chi connectivity index (χ0v) is 15.7. The summed E-state index contributed by atoms with van der Waals surface area (Å²) in [5.41, 5.74) is 2.77. The average Bonchev–Trinajstić information content (AvgIpc) is 3.31. The van der Waals surface area contributed by atoms with Gasteiger partial charge in [0, 0.05) is 29.2 Å². The maximum Gasteiger partial charge on any atom is 0.230 e. The standard InChI is InChI=1S/C19H15FN6OS/c1-26-18(23-24-25-26)12-4-3-7-15(9-12)21-17(27)10-16-11-28-19(22-16)13-5-2-6-14(20)8-13/h2-9,11H,10H2,1H3,(H,21,27). The van der Waals surface area contributed by atoms with Crippen LogP contribution in [0, 0.1) is 5.82 Å². The zero-order chi connectivity index (χ0) is 19.5. The van der Waals surface area contributed by atoms with Gasteiger partial charge in [-0.2, -0.15) is 0 Å². The van der Waals surface area contributed by atoms with E-state index < -0.39 is 0 Å². The number of halogens is 1. The van der Waals surface area contributed by atoms with Crippen LogP contribution in [0.5, 0.6) is 0 Å². The van der Waals surface area contributed by atoms with Crippen LogP contribution < -0.4 is 5.32 Å². The lowest BCUT2D eigenvalue weighted by Crippen LogP contribution is -2.14. The molecule has 0 aliphatic carbocycles. The Hall–Kier alpha value is -3.46. The van der Waals surface area contributed by atoms with E-state index in [0.717, 1.165) is 5.56 Å². The molecular weight excluding hydrogens is 379 g/mol. The molecule has 7 nitrogen and oxygen atoms in total. The first-order valence-corrected chi connectivity index (χ1v) is 9.29. The summed E-state index contributed by atoms with van der Waals surface area (Å²) in [6.07, 6.45) is 0.127. The molecule has 0 aliphatic rings. The van der Waals surface area contributed by atoms with Crippen LogP contribution in [0.1, 0.15) is 5.69 Å². The molecule has 0 saturated heterocycles. The average molecular weight is 394 g/mol. The van der Waals surface area contributed by atoms with Crippen molar-refractivity contribution in [2.75, 3.05) is 5.32 Å². The molecule has 0 atom stereocenters. The lowest BCUT2D eigenvalue weighted by molar-refractivity contribution is -0.115. The van der Waals surface area contributed by atoms with Gasteiger partial charge in [-0.3, -0.25) is 4.79 Å². The molecule has 9 heteroatoms. The fraction of sp³-hybridized carbons (Fsp3) is 0.105. The third-order valence-electron chi connectivity index (χ3n) is 3.99. The molecule has 0 radical (unpaired) electrons. The van der Waals surface area contributed by atoms with Gasteiger partial charge in [0.15, 0.2) is 5.82 Å². The maximum absolute atomic E-state index is 13.4. The van der Waals surface area contributed by atoms with Gasteiger partial charge in [-0.15, -0.1) is 16.4 Å². The normalized spacial score (nSPS) is 10.8. The number of thiazole rings is 1. The Balaban J connectivity index is 1.45. The molecule has 1 N–H and O–H groups in total. The summed E-state index contributed by atoms with van der Waals surface area (Å²) in [5, 5.41) is 16.7. The first-order chi connectivity index (χ1) is 13.6. The number of amides is 1. The molecular formula is C19H15FN6OS. The lowest BCUT2D eigenvalue weighted by atomic mass is 10.2. The van der Waals surface area contributed by atoms with E-state index in [2.05, 4.69) is 25.8 Å². The highest BCUT2D eigenvalue weighted by molar-refractivity contribution is 7.13. The molecule has 4 rings (SSSR count). The zero-order valence-electron chi connectivity index (χ0n) is 14.8. The van der Waals surface area contributed by atoms with Gasteiger partial charge in [0.25, 0.3) is 0 Å². The number of carbonyl (C=O) groups excluding carboxylic acids is 1. The highest BCUT2D eigenvalue weighted by Gasteiger charge is 2.11. The van der Waals surface area contributed by atoms with Gasteiger partial charge >= 0.3 is 0 Å². The van der Waals surface area contributed by atoms with E-state index in [0.29, 0.717) is 27.8 Å². The summed E-state index contributed by atoms with van der Waals surface area (Å²) in [7, 11) is 1.75. The molecule has 140 valence electrons. The summed E-state index contributed by atoms with van der Waals surface area (Å²) in [5.74, 6) is 0.102. The first kappa shape index (κ1) is 17.9. The molecule has 2 heterocycles. The Kier molecular flexibility index (Phi) is 4.90. The van der Waals surface area contributed by atoms with Crippen molar-refractivity contribution >= 4 is 22.9 Å². The van der Waals surface area contributed by atoms with Crippen LogP contribution in [0.25, 0.3) is 22.0 Å². The second-order valence-corrected chi connectivity index (χ2v) is 6.94. The molecule has 2 aromatic carbocycles. The summed E-state index contributed by atoms with van der Waals surface area (Å²) in [6.45, 7) is 0. The number of rotatable bonds is 5. The van der Waals surface area contributed by atoms with E-state index in [-0.39, 0.29) is 18.1 Å². The van der Waals surface area contributed by atoms with Crippen LogP contribution in [0.3, 0.4) is 0 Å². The van der Waals surface area contributed by atoms with Crippen LogP contribution in [0.4, 0.5) is 10.1 Å². The minimum atomic E-state index is -0.315. The topological polar surface area (TPSA) is 85.6 Å². The Morgan fingerprint density at radius 1 is 1.18 bits per heavy atom. The number of anilines is 1. The largest absolute Gasteiger partial charge is 0.326 e. The predicted octanol–water partition coefficient (Wildman–Crippen LogP) is 3.32. The number of carbonyl (C=O) groups is 1. The molecule has 1 amide bonds. The number of nitrogens with zero attached hydrogens (tertiary/aromatic N) is 5. The summed E-state index contributed by atoms with van der Waals surface area (Å²) < 4.78 is 14.9. The minimum absolute atomic E-state index is 0.127. The highest BCUT2D eigenvalue weighted by atomic mass is 32.1. The van der Waals surface area contributed by atoms with E-state index in [1.54, 1.807) is 29.9 Å². The Morgan fingerprint density at radius 3 is 2.79 bits per heavy atom. The quantitative estimate of drug-likeness (QED) is 0.561. The van der Waals surface area contributed by atoms with Gasteiger partial charge in [-0.05, 0) is 34.7 Å². The van der Waals surface area contributed by atoms with E-state index in [1.807, 2.05) is 23.6 Å². The van der Waals surface area contributed by atoms with Gasteiger partial charge in [0.05, 0.1) is 12.1 Å². The minimum Gasteiger partial charge on any atom is -0.326 e. The van der Waals surface area contributed by atoms with Crippen LogP contribution in [-0.2, 0) is 18.3 Å². The predicted molar refractivity (Wildman–Crippen MR) is 104 cm³/mol. The van der Waals surface area contributed by atoms with Crippen molar-refractivity contribution in [2.24, 2.45) is 7.05 Å². The van der Waals surface area contributed by atoms with Gasteiger partial charge in [-0.25, -0.2) is 14.1 Å². The number of nitrogens with one attached hydrogen (secondary N) is 1. The fourth-order valence-corrected chi connectivity index (χ4v) is 3.54. The summed E-state index contributed by atoms with van der Waals surface area (Å²) in [4.78, 5) is 16.8. The van der Waals surface area contributed by atoms with Crippen molar-refractivity contribution < 1.29 is 9.18 Å². The van der Waals surface area contributed by atoms with Crippen molar-refractivity contribution in [3.8, 4) is 22.0 Å². The summed E-state index contributed by atoms with van der Waals surface area (Å²) in [6, 6.07) is 13.5. The molecule has 2 aromatic heterocycles. The molecule has 28 heavy (non-hydrogen) atoms. The molecule has 0 aliphatic heterocycles. The number of aromatic nitrogens is 5. The third kappa shape index (κ3) is 3.94. The number of hydrogen-bond donors (Lipinski definition) is 1. The number of tetrazole rings is 1. The Bertz CT molecular complexity index is 1140. The summed E-state index contributed by atoms with van der Waals surface area (Å²) >= 11 is 1.38. The molecule has 0 fully saturated rings. The van der Waals surface area contributed by atoms with Gasteiger partial charge in [0.2, 0.25) is 5.91 Å². The first-order valence-electron chi connectivity index (χ1n) is 8.41. The Labute approximate surface area is 163 Å². The second kappa shape index (κ2) is 7.65. The molecule has 4 aromatic rings. The molecule has 0 unspecified atom stereocenters. The van der Waals surface area contributed by atoms with E-state index in [1.165, 1.54) is 23.5 Å². The van der Waals surface area contributed by atoms with Crippen molar-refractivity contribution in [1.29, 1.82) is 0 Å². The van der Waals surface area contributed by atoms with Crippen molar-refractivity contribution in [2.45, 2.75) is 6.42 Å². The molecule has 0 spiro atoms. The van der Waals surface area contributed by atoms with Crippen LogP contribution >= 0.6 is 11.3 Å². The van der Waals surface area contributed by atoms with Gasteiger partial charge in [0.1, 0.15) is 10.8 Å². The second-order valence-electron chi connectivity index (χ2n) is 6.09. The Morgan fingerprint density at radius 2 is 2.00 bits per heavy atom. The van der Waals surface area contributed by atoms with Crippen LogP contribution in [-0.4, -0.2) is 31.1 Å². The fourth-order valence-electron chi connectivity index (χ4n) is 2.72. The van der Waals surface area contributed by atoms with Gasteiger partial charge < -0.3 is 5.32 Å². The van der Waals surface area contributed by atoms with Crippen LogP contribution in [0.2, 0.25) is 0 Å². The van der Waals surface area contributed by atoms with Crippen molar-refractivity contribution in [3.05, 3.63) is 65.4 Å². The van der Waals surface area contributed by atoms with Crippen molar-refractivity contribution in [1.82, 2.24) is 25.2 Å². The number of benzene rings is 2. The number of hydrogen-bond acceptors (Lipinski definition) is 6. The molecule has 0 bridgehead atoms. The third-order valence-corrected chi connectivity index (χ3v) is 4.93. The van der Waals surface area contributed by atoms with E-state index >= 15 is 0 Å². The maximum atomic E-state index is 13.4. The smallest absolute Gasteiger partial charge is 0.230 e. The van der Waals surface area contributed by atoms with E-state index in [9.17, 15) is 9.18 Å². The number of aryl methyl sites for hydroxylation is 1.